The van der Waals surface area contributed by atoms with E-state index in [0.29, 0.717) is 78.8 Å². The van der Waals surface area contributed by atoms with Gasteiger partial charge in [-0.15, -0.1) is 0 Å². The largest absolute Gasteiger partial charge is 0.475 e. The van der Waals surface area contributed by atoms with Gasteiger partial charge in [0.1, 0.15) is 41.8 Å². The number of nitrogen functional groups attached to an aromatic ring is 2. The maximum absolute atomic E-state index is 12.9. The lowest BCUT2D eigenvalue weighted by atomic mass is 10.1. The molecule has 0 bridgehead atoms. The van der Waals surface area contributed by atoms with E-state index in [1.165, 1.54) is 12.7 Å². The average Bonchev–Trinajstić information content (AvgIpc) is 4.14. The van der Waals surface area contributed by atoms with E-state index in [1.54, 1.807) is 29.9 Å². The topological polar surface area (TPSA) is 311 Å². The van der Waals surface area contributed by atoms with Crippen LogP contribution in [0.25, 0.3) is 22.3 Å². The minimum absolute atomic E-state index is 0.00356. The quantitative estimate of drug-likeness (QED) is 0.0348. The minimum atomic E-state index is -3.79. The van der Waals surface area contributed by atoms with Crippen LogP contribution in [0.1, 0.15) is 135 Å². The minimum Gasteiger partial charge on any atom is -0.463 e. The lowest BCUT2D eigenvalue weighted by molar-refractivity contribution is -0.153. The summed E-state index contributed by atoms with van der Waals surface area (Å²) in [7, 11) is -4.69. The molecule has 9 atom stereocenters. The summed E-state index contributed by atoms with van der Waals surface area (Å²) in [6, 6.07) is 1.57. The number of halogens is 2. The molecule has 0 aromatic carbocycles. The number of rotatable bonds is 21. The van der Waals surface area contributed by atoms with E-state index in [2.05, 4.69) is 94.6 Å². The number of nitrogens with zero attached hydrogens (tertiary/aromatic N) is 10. The van der Waals surface area contributed by atoms with Crippen LogP contribution in [0.2, 0.25) is 10.6 Å². The third kappa shape index (κ3) is 17.2. The number of hydrogen-bond acceptors (Lipinski definition) is 23. The maximum atomic E-state index is 12.9. The second kappa shape index (κ2) is 28.8. The van der Waals surface area contributed by atoms with E-state index in [0.717, 1.165) is 0 Å². The number of aromatic nitrogens is 8. The Hall–Kier alpha value is -3.52. The molecule has 434 valence electrons. The standard InChI is InChI=1S/C20H43N2O3P.C18H25ClN5O7P.C10H12ClN5O3/c1-14(2)21(15(3)4)26(22(16(5)6)17(7)8)24-13-12-19(11)20(23)25-18(9)10;1-9(2)29-17(25)10(3)4-5-27-32(26)28-7-12-11(31-32)6-13(30-12)24-8-21-14-15(20)22-18(19)23-16(14)24;11-10-14-8(12)7-9(15-10)16(3-13-7)6-1-4(18)5(2-17)19-6/h14-19H,12-13H2,1-11H3;8-13H,4-7H2,1-3H3,(H2,20,22,23);3-6,17-18H,1-2H2,(H2,12,14,15)/t19-;10-,11?,12+,13+,32?;4-,5+,6+/m000/s1. The second-order valence-corrected chi connectivity index (χ2v) is 24.7. The number of aliphatic hydroxyl groups excluding tert-OH is 2. The molecule has 3 saturated heterocycles. The zero-order valence-corrected chi connectivity index (χ0v) is 49.9. The maximum Gasteiger partial charge on any atom is 0.475 e. The highest BCUT2D eigenvalue weighted by atomic mass is 35.5. The molecule has 29 heteroatoms. The SMILES string of the molecule is CC(C)OC(=O)[C@@H](C)CCOP(N(C(C)C)C(C)C)N(C(C)C)C(C)C.CC(C)OC(=O)[C@@H](C)CCOP1(=O)OC[C@H]2O[C@@H](n3cnc4c(N)nc(Cl)nc43)CC2O1.Nc1nc(Cl)nc2c1ncn2[C@H]1C[C@H](O)[C@@H](CO)O1. The molecule has 77 heavy (non-hydrogen) atoms. The molecule has 4 aromatic rings. The summed E-state index contributed by atoms with van der Waals surface area (Å²) in [6.07, 6.45) is 1.17. The summed E-state index contributed by atoms with van der Waals surface area (Å²) in [5.74, 6) is -0.674. The van der Waals surface area contributed by atoms with Crippen LogP contribution >= 0.6 is 39.5 Å². The number of phosphoric ester groups is 1. The lowest BCUT2D eigenvalue weighted by Crippen LogP contribution is -2.43. The predicted molar refractivity (Wildman–Crippen MR) is 291 cm³/mol. The zero-order valence-electron chi connectivity index (χ0n) is 46.6. The monoisotopic (exact) mass is 1160 g/mol. The summed E-state index contributed by atoms with van der Waals surface area (Å²) in [5, 5.41) is 18.8. The first kappa shape index (κ1) is 64.3. The number of fused-ring (bicyclic) bond motifs is 3. The predicted octanol–water partition coefficient (Wildman–Crippen LogP) is 8.02. The van der Waals surface area contributed by atoms with Crippen molar-refractivity contribution in [2.45, 2.75) is 196 Å². The highest BCUT2D eigenvalue weighted by Crippen LogP contribution is 2.57. The number of imidazole rings is 2. The first-order valence-electron chi connectivity index (χ1n) is 26.0. The van der Waals surface area contributed by atoms with Crippen molar-refractivity contribution >= 4 is 85.4 Å². The summed E-state index contributed by atoms with van der Waals surface area (Å²) in [4.78, 5) is 48.2. The van der Waals surface area contributed by atoms with Gasteiger partial charge < -0.3 is 45.2 Å². The number of phosphoric acid groups is 1. The number of ether oxygens (including phenoxy) is 4. The highest BCUT2D eigenvalue weighted by Gasteiger charge is 2.48. The molecule has 0 spiro atoms. The molecule has 3 aliphatic heterocycles. The van der Waals surface area contributed by atoms with Crippen molar-refractivity contribution in [3.8, 4) is 0 Å². The van der Waals surface area contributed by atoms with Crippen LogP contribution in [-0.2, 0) is 51.2 Å². The number of esters is 2. The van der Waals surface area contributed by atoms with Gasteiger partial charge in [0.15, 0.2) is 31.4 Å². The van der Waals surface area contributed by atoms with Gasteiger partial charge in [-0.1, -0.05) is 13.8 Å². The molecule has 25 nitrogen and oxygen atoms in total. The highest BCUT2D eigenvalue weighted by molar-refractivity contribution is 7.48. The average molecular weight is 1170 g/mol. The zero-order chi connectivity index (χ0) is 57.2. The Kier molecular flexibility index (Phi) is 24.0. The van der Waals surface area contributed by atoms with Crippen LogP contribution in [0.3, 0.4) is 0 Å². The Morgan fingerprint density at radius 2 is 1.18 bits per heavy atom. The number of anilines is 2. The molecule has 2 unspecified atom stereocenters. The van der Waals surface area contributed by atoms with Gasteiger partial charge in [0.05, 0.1) is 69.2 Å². The molecular formula is C48H80Cl2N12O13P2. The molecule has 6 N–H and O–H groups in total. The fourth-order valence-electron chi connectivity index (χ4n) is 8.67. The molecule has 0 amide bonds. The Bertz CT molecular complexity index is 2560. The fraction of sp³-hybridized carbons (Fsp3) is 0.750. The van der Waals surface area contributed by atoms with Crippen molar-refractivity contribution in [1.29, 1.82) is 0 Å². The van der Waals surface area contributed by atoms with E-state index < -0.39 is 59.1 Å². The number of aliphatic hydroxyl groups is 2. The molecule has 0 aliphatic carbocycles. The van der Waals surface area contributed by atoms with Crippen molar-refractivity contribution in [3.63, 3.8) is 0 Å². The van der Waals surface area contributed by atoms with Gasteiger partial charge >= 0.3 is 19.8 Å². The van der Waals surface area contributed by atoms with Gasteiger partial charge in [-0.05, 0) is 119 Å². The van der Waals surface area contributed by atoms with Crippen molar-refractivity contribution < 1.29 is 61.4 Å². The molecule has 0 radical (unpaired) electrons. The summed E-state index contributed by atoms with van der Waals surface area (Å²) in [6.45, 7) is 29.1. The van der Waals surface area contributed by atoms with Crippen LogP contribution in [-0.4, -0.2) is 158 Å². The summed E-state index contributed by atoms with van der Waals surface area (Å²) < 4.78 is 66.0. The first-order chi connectivity index (χ1) is 36.1. The van der Waals surface area contributed by atoms with Crippen LogP contribution in [0, 0.1) is 11.8 Å². The van der Waals surface area contributed by atoms with Crippen LogP contribution in [0.4, 0.5) is 11.6 Å². The molecule has 7 heterocycles. The molecular weight excluding hydrogens is 1090 g/mol. The first-order valence-corrected chi connectivity index (χ1v) is 29.4. The smallest absolute Gasteiger partial charge is 0.463 e. The van der Waals surface area contributed by atoms with E-state index in [1.807, 2.05) is 20.8 Å². The van der Waals surface area contributed by atoms with Gasteiger partial charge in [-0.3, -0.25) is 32.3 Å². The fourth-order valence-corrected chi connectivity index (χ4v) is 12.8. The molecule has 3 fully saturated rings. The van der Waals surface area contributed by atoms with Crippen LogP contribution < -0.4 is 11.5 Å². The van der Waals surface area contributed by atoms with Crippen molar-refractivity contribution in [1.82, 2.24) is 48.4 Å². The van der Waals surface area contributed by atoms with Gasteiger partial charge in [0.2, 0.25) is 10.6 Å². The number of nitrogens with two attached hydrogens (primary N) is 2. The Morgan fingerprint density at radius 1 is 0.727 bits per heavy atom. The molecule has 3 aliphatic rings. The summed E-state index contributed by atoms with van der Waals surface area (Å²) >= 11 is 11.7. The van der Waals surface area contributed by atoms with Crippen molar-refractivity contribution in [2.24, 2.45) is 11.8 Å². The molecule has 4 aromatic heterocycles. The van der Waals surface area contributed by atoms with Crippen molar-refractivity contribution in [3.05, 3.63) is 23.2 Å². The van der Waals surface area contributed by atoms with Gasteiger partial charge in [0, 0.05) is 37.0 Å². The van der Waals surface area contributed by atoms with Gasteiger partial charge in [0.25, 0.3) is 0 Å². The van der Waals surface area contributed by atoms with E-state index >= 15 is 0 Å². The van der Waals surface area contributed by atoms with E-state index in [9.17, 15) is 19.3 Å². The second-order valence-electron chi connectivity index (χ2n) is 20.7. The van der Waals surface area contributed by atoms with Gasteiger partial charge in [-0.25, -0.2) is 23.9 Å². The van der Waals surface area contributed by atoms with Crippen molar-refractivity contribution in [2.75, 3.05) is 37.9 Å². The Balaban J connectivity index is 0.000000220. The number of hydrogen-bond donors (Lipinski definition) is 4. The summed E-state index contributed by atoms with van der Waals surface area (Å²) in [5.41, 5.74) is 13.3. The molecule has 0 saturated carbocycles. The third-order valence-corrected chi connectivity index (χ3v) is 17.1. The number of carbonyl (C=O) groups excluding carboxylic acids is 2. The van der Waals surface area contributed by atoms with Crippen LogP contribution in [0.5, 0.6) is 0 Å². The van der Waals surface area contributed by atoms with E-state index in [4.69, 9.17) is 76.8 Å². The van der Waals surface area contributed by atoms with Gasteiger partial charge in [-0.2, -0.15) is 19.9 Å². The Morgan fingerprint density at radius 3 is 1.61 bits per heavy atom. The molecule has 7 rings (SSSR count). The number of carbonyl (C=O) groups is 2. The Labute approximate surface area is 462 Å². The van der Waals surface area contributed by atoms with Crippen LogP contribution in [0.15, 0.2) is 12.7 Å². The lowest BCUT2D eigenvalue weighted by Gasteiger charge is -2.45. The third-order valence-electron chi connectivity index (χ3n) is 12.3. The normalized spacial score (nSPS) is 23.4. The van der Waals surface area contributed by atoms with E-state index in [-0.39, 0.29) is 72.1 Å².